The minimum absolute atomic E-state index is 1.04. The summed E-state index contributed by atoms with van der Waals surface area (Å²) in [5.41, 5.74) is 1.61. The van der Waals surface area contributed by atoms with E-state index in [9.17, 15) is 0 Å². The third kappa shape index (κ3) is 2.35. The van der Waals surface area contributed by atoms with Crippen LogP contribution in [0.15, 0.2) is 6.07 Å². The van der Waals surface area contributed by atoms with E-state index >= 15 is 0 Å². The zero-order valence-electron chi connectivity index (χ0n) is 8.73. The molecule has 0 aliphatic heterocycles. The van der Waals surface area contributed by atoms with Gasteiger partial charge < -0.3 is 10.6 Å². The molecule has 0 saturated heterocycles. The maximum Gasteiger partial charge on any atom is 0.0300 e. The van der Waals surface area contributed by atoms with E-state index in [1.165, 1.54) is 24.1 Å². The lowest BCUT2D eigenvalue weighted by Gasteiger charge is -2.01. The smallest absolute Gasteiger partial charge is 0.0300 e. The minimum atomic E-state index is 1.04. The Morgan fingerprint density at radius 3 is 3.07 bits per heavy atom. The van der Waals surface area contributed by atoms with Gasteiger partial charge in [0, 0.05) is 29.4 Å². The average Bonchev–Trinajstić information content (AvgIpc) is 2.72. The minimum Gasteiger partial charge on any atom is -0.318 e. The van der Waals surface area contributed by atoms with Gasteiger partial charge in [-0.05, 0) is 37.9 Å². The summed E-state index contributed by atoms with van der Waals surface area (Å²) in [6, 6.07) is 2.39. The third-order valence-electron chi connectivity index (χ3n) is 2.65. The largest absolute Gasteiger partial charge is 0.318 e. The summed E-state index contributed by atoms with van der Waals surface area (Å²) in [4.78, 5) is 3.14. The van der Waals surface area contributed by atoms with Gasteiger partial charge in [-0.15, -0.1) is 11.3 Å². The van der Waals surface area contributed by atoms with Crippen LogP contribution in [0, 0.1) is 0 Å². The molecule has 0 amide bonds. The van der Waals surface area contributed by atoms with Crippen molar-refractivity contribution >= 4 is 11.3 Å². The predicted octanol–water partition coefficient (Wildman–Crippen LogP) is 1.55. The summed E-state index contributed by atoms with van der Waals surface area (Å²) >= 11 is 2.00. The Balaban J connectivity index is 1.79. The molecule has 0 saturated carbocycles. The monoisotopic (exact) mass is 210 g/mol. The van der Waals surface area contributed by atoms with Gasteiger partial charge in [0.1, 0.15) is 0 Å². The number of likely N-dealkylation sites (N-methyl/N-ethyl adjacent to an activating group) is 1. The molecule has 1 aromatic rings. The van der Waals surface area contributed by atoms with Crippen LogP contribution in [-0.2, 0) is 19.4 Å². The maximum atomic E-state index is 3.44. The number of hydrogen-bond acceptors (Lipinski definition) is 3. The second-order valence-electron chi connectivity index (χ2n) is 3.80. The number of hydrogen-bond donors (Lipinski definition) is 2. The van der Waals surface area contributed by atoms with Gasteiger partial charge in [-0.3, -0.25) is 0 Å². The van der Waals surface area contributed by atoms with E-state index in [1.807, 2.05) is 18.4 Å². The summed E-state index contributed by atoms with van der Waals surface area (Å²) in [6.07, 6.45) is 3.99. The van der Waals surface area contributed by atoms with Crippen molar-refractivity contribution in [2.24, 2.45) is 0 Å². The van der Waals surface area contributed by atoms with Crippen LogP contribution in [0.25, 0.3) is 0 Å². The highest BCUT2D eigenvalue weighted by atomic mass is 32.1. The lowest BCUT2D eigenvalue weighted by molar-refractivity contribution is 0.655. The first kappa shape index (κ1) is 10.1. The molecule has 1 aliphatic carbocycles. The predicted molar refractivity (Wildman–Crippen MR) is 62.0 cm³/mol. The molecular formula is C11H18N2S. The topological polar surface area (TPSA) is 24.1 Å². The van der Waals surface area contributed by atoms with Gasteiger partial charge in [-0.25, -0.2) is 0 Å². The fourth-order valence-corrected chi connectivity index (χ4v) is 3.13. The quantitative estimate of drug-likeness (QED) is 0.721. The number of fused-ring (bicyclic) bond motifs is 1. The number of rotatable bonds is 5. The van der Waals surface area contributed by atoms with Crippen LogP contribution in [-0.4, -0.2) is 20.1 Å². The van der Waals surface area contributed by atoms with E-state index < -0.39 is 0 Å². The van der Waals surface area contributed by atoms with Crippen molar-refractivity contribution in [1.29, 1.82) is 0 Å². The molecule has 2 rings (SSSR count). The molecule has 0 unspecified atom stereocenters. The lowest BCUT2D eigenvalue weighted by Crippen LogP contribution is -2.24. The molecule has 2 N–H and O–H groups in total. The molecule has 0 aromatic carbocycles. The average molecular weight is 210 g/mol. The van der Waals surface area contributed by atoms with Crippen molar-refractivity contribution in [3.05, 3.63) is 21.4 Å². The highest BCUT2D eigenvalue weighted by molar-refractivity contribution is 7.12. The standard InChI is InChI=1S/C11H18N2S/c1-12-5-6-13-8-10-7-9-3-2-4-11(9)14-10/h7,12-13H,2-6,8H2,1H3. The Labute approximate surface area is 89.7 Å². The molecule has 1 aromatic heterocycles. The molecule has 1 heterocycles. The molecule has 0 spiro atoms. The van der Waals surface area contributed by atoms with Crippen molar-refractivity contribution in [3.8, 4) is 0 Å². The molecule has 2 nitrogen and oxygen atoms in total. The molecule has 0 bridgehead atoms. The first-order chi connectivity index (χ1) is 6.90. The van der Waals surface area contributed by atoms with Gasteiger partial charge in [-0.1, -0.05) is 0 Å². The Morgan fingerprint density at radius 2 is 2.29 bits per heavy atom. The van der Waals surface area contributed by atoms with E-state index in [2.05, 4.69) is 16.7 Å². The van der Waals surface area contributed by atoms with Gasteiger partial charge in [0.15, 0.2) is 0 Å². The van der Waals surface area contributed by atoms with Crippen LogP contribution >= 0.6 is 11.3 Å². The van der Waals surface area contributed by atoms with Crippen LogP contribution in [0.4, 0.5) is 0 Å². The highest BCUT2D eigenvalue weighted by Gasteiger charge is 2.13. The summed E-state index contributed by atoms with van der Waals surface area (Å²) in [6.45, 7) is 3.14. The Morgan fingerprint density at radius 1 is 1.36 bits per heavy atom. The van der Waals surface area contributed by atoms with Crippen molar-refractivity contribution in [3.63, 3.8) is 0 Å². The molecule has 0 radical (unpaired) electrons. The molecule has 3 heteroatoms. The lowest BCUT2D eigenvalue weighted by atomic mass is 10.2. The molecule has 0 fully saturated rings. The van der Waals surface area contributed by atoms with E-state index in [0.717, 1.165) is 19.6 Å². The van der Waals surface area contributed by atoms with Crippen molar-refractivity contribution in [2.75, 3.05) is 20.1 Å². The summed E-state index contributed by atoms with van der Waals surface area (Å²) in [5.74, 6) is 0. The van der Waals surface area contributed by atoms with Crippen LogP contribution < -0.4 is 10.6 Å². The number of aryl methyl sites for hydroxylation is 2. The van der Waals surface area contributed by atoms with Crippen LogP contribution in [0.3, 0.4) is 0 Å². The van der Waals surface area contributed by atoms with Gasteiger partial charge in [0.2, 0.25) is 0 Å². The van der Waals surface area contributed by atoms with Crippen LogP contribution in [0.2, 0.25) is 0 Å². The normalized spacial score (nSPS) is 14.6. The first-order valence-electron chi connectivity index (χ1n) is 5.36. The molecule has 14 heavy (non-hydrogen) atoms. The maximum absolute atomic E-state index is 3.44. The summed E-state index contributed by atoms with van der Waals surface area (Å²) in [7, 11) is 1.99. The van der Waals surface area contributed by atoms with E-state index in [1.54, 1.807) is 10.4 Å². The fourth-order valence-electron chi connectivity index (χ4n) is 1.90. The number of thiophene rings is 1. The Kier molecular flexibility index (Phi) is 3.56. The van der Waals surface area contributed by atoms with E-state index in [0.29, 0.717) is 0 Å². The number of nitrogens with one attached hydrogen (secondary N) is 2. The molecule has 78 valence electrons. The summed E-state index contributed by atoms with van der Waals surface area (Å²) < 4.78 is 0. The zero-order valence-corrected chi connectivity index (χ0v) is 9.54. The van der Waals surface area contributed by atoms with Crippen LogP contribution in [0.1, 0.15) is 21.7 Å². The van der Waals surface area contributed by atoms with E-state index in [4.69, 9.17) is 0 Å². The molecule has 1 aliphatic rings. The Hall–Kier alpha value is -0.380. The van der Waals surface area contributed by atoms with Crippen molar-refractivity contribution in [2.45, 2.75) is 25.8 Å². The third-order valence-corrected chi connectivity index (χ3v) is 3.89. The van der Waals surface area contributed by atoms with Crippen molar-refractivity contribution in [1.82, 2.24) is 10.6 Å². The van der Waals surface area contributed by atoms with Gasteiger partial charge in [0.25, 0.3) is 0 Å². The summed E-state index contributed by atoms with van der Waals surface area (Å²) in [5, 5.41) is 6.57. The van der Waals surface area contributed by atoms with Crippen molar-refractivity contribution < 1.29 is 0 Å². The van der Waals surface area contributed by atoms with Gasteiger partial charge in [0.05, 0.1) is 0 Å². The first-order valence-corrected chi connectivity index (χ1v) is 6.17. The van der Waals surface area contributed by atoms with Gasteiger partial charge in [-0.2, -0.15) is 0 Å². The second kappa shape index (κ2) is 4.91. The molecular weight excluding hydrogens is 192 g/mol. The fraction of sp³-hybridized carbons (Fsp3) is 0.636. The highest BCUT2D eigenvalue weighted by Crippen LogP contribution is 2.30. The molecule has 0 atom stereocenters. The van der Waals surface area contributed by atoms with E-state index in [-0.39, 0.29) is 0 Å². The van der Waals surface area contributed by atoms with Gasteiger partial charge >= 0.3 is 0 Å². The zero-order chi connectivity index (χ0) is 9.80. The SMILES string of the molecule is CNCCNCc1cc2c(s1)CCC2. The Bertz CT molecular complexity index is 272. The van der Waals surface area contributed by atoms with Crippen LogP contribution in [0.5, 0.6) is 0 Å². The second-order valence-corrected chi connectivity index (χ2v) is 5.02.